The maximum Gasteiger partial charge on any atom is 0.233 e. The third kappa shape index (κ3) is 4.27. The Labute approximate surface area is 180 Å². The minimum Gasteiger partial charge on any atom is -0.357 e. The summed E-state index contributed by atoms with van der Waals surface area (Å²) in [6.45, 7) is 10.3. The number of likely N-dealkylation sites (tertiary alicyclic amines) is 1. The molecule has 1 aliphatic heterocycles. The van der Waals surface area contributed by atoms with E-state index in [1.54, 1.807) is 0 Å². The summed E-state index contributed by atoms with van der Waals surface area (Å²) in [7, 11) is 0. The van der Waals surface area contributed by atoms with Gasteiger partial charge in [-0.15, -0.1) is 0 Å². The average Bonchev–Trinajstić information content (AvgIpc) is 3.25. The van der Waals surface area contributed by atoms with Gasteiger partial charge in [0.1, 0.15) is 0 Å². The van der Waals surface area contributed by atoms with Crippen LogP contribution in [0, 0.1) is 23.7 Å². The minimum absolute atomic E-state index is 0.0460. The number of fused-ring (bicyclic) bond motifs is 5. The van der Waals surface area contributed by atoms with E-state index in [2.05, 4.69) is 53.4 Å². The monoisotopic (exact) mass is 415 g/mol. The fourth-order valence-corrected chi connectivity index (χ4v) is 5.52. The highest BCUT2D eigenvalue weighted by molar-refractivity contribution is 6.06. The summed E-state index contributed by atoms with van der Waals surface area (Å²) in [5, 5.41) is 6.72. The molecule has 0 aromatic rings. The van der Waals surface area contributed by atoms with Gasteiger partial charge < -0.3 is 10.6 Å². The van der Waals surface area contributed by atoms with Crippen molar-refractivity contribution < 1.29 is 9.59 Å². The molecule has 0 aromatic carbocycles. The molecular formula is C23H37N5O2. The highest BCUT2D eigenvalue weighted by Crippen LogP contribution is 2.52. The van der Waals surface area contributed by atoms with Crippen molar-refractivity contribution in [3.63, 3.8) is 0 Å². The van der Waals surface area contributed by atoms with Gasteiger partial charge in [0.15, 0.2) is 5.96 Å². The lowest BCUT2D eigenvalue weighted by molar-refractivity contribution is -0.140. The molecule has 2 bridgehead atoms. The van der Waals surface area contributed by atoms with Crippen LogP contribution in [0.1, 0.15) is 46.5 Å². The van der Waals surface area contributed by atoms with Crippen LogP contribution in [0.3, 0.4) is 0 Å². The average molecular weight is 416 g/mol. The third-order valence-corrected chi connectivity index (χ3v) is 7.06. The second-order valence-corrected chi connectivity index (χ2v) is 9.43. The highest BCUT2D eigenvalue weighted by atomic mass is 16.2. The largest absolute Gasteiger partial charge is 0.357 e. The van der Waals surface area contributed by atoms with Crippen LogP contribution >= 0.6 is 0 Å². The van der Waals surface area contributed by atoms with Gasteiger partial charge >= 0.3 is 0 Å². The van der Waals surface area contributed by atoms with E-state index in [1.165, 1.54) is 17.7 Å². The number of rotatable bonds is 10. The van der Waals surface area contributed by atoms with Gasteiger partial charge in [-0.3, -0.25) is 24.4 Å². The Bertz CT molecular complexity index is 682. The molecule has 2 N–H and O–H groups in total. The Morgan fingerprint density at radius 1 is 1.17 bits per heavy atom. The maximum absolute atomic E-state index is 12.7. The van der Waals surface area contributed by atoms with E-state index in [0.29, 0.717) is 25.6 Å². The Morgan fingerprint density at radius 3 is 2.40 bits per heavy atom. The van der Waals surface area contributed by atoms with E-state index in [9.17, 15) is 9.59 Å². The quantitative estimate of drug-likeness (QED) is 0.186. The van der Waals surface area contributed by atoms with E-state index >= 15 is 0 Å². The molecule has 4 aliphatic rings. The van der Waals surface area contributed by atoms with Crippen molar-refractivity contribution in [2.45, 2.75) is 58.5 Å². The number of hydrogen-bond acceptors (Lipinski definition) is 4. The van der Waals surface area contributed by atoms with Crippen LogP contribution < -0.4 is 10.6 Å². The molecule has 0 aromatic heterocycles. The van der Waals surface area contributed by atoms with Crippen LogP contribution in [0.2, 0.25) is 0 Å². The summed E-state index contributed by atoms with van der Waals surface area (Å²) in [4.78, 5) is 34.2. The Hall–Kier alpha value is -1.89. The van der Waals surface area contributed by atoms with Gasteiger partial charge in [-0.25, -0.2) is 0 Å². The molecule has 4 unspecified atom stereocenters. The topological polar surface area (TPSA) is 77.0 Å². The van der Waals surface area contributed by atoms with Gasteiger partial charge in [-0.05, 0) is 58.3 Å². The van der Waals surface area contributed by atoms with Crippen molar-refractivity contribution in [3.05, 3.63) is 12.2 Å². The smallest absolute Gasteiger partial charge is 0.233 e. The zero-order valence-electron chi connectivity index (χ0n) is 18.6. The lowest BCUT2D eigenvalue weighted by Gasteiger charge is -2.26. The van der Waals surface area contributed by atoms with Crippen molar-refractivity contribution in [1.82, 2.24) is 20.4 Å². The molecule has 2 saturated carbocycles. The molecule has 0 spiro atoms. The van der Waals surface area contributed by atoms with Gasteiger partial charge in [0.05, 0.1) is 11.8 Å². The number of guanidine groups is 1. The van der Waals surface area contributed by atoms with Crippen LogP contribution in [-0.2, 0) is 9.59 Å². The van der Waals surface area contributed by atoms with Gasteiger partial charge in [0, 0.05) is 44.8 Å². The SMILES string of the molecule is CCNC(=NCCCN1C(=O)C2C3C=CC(C3)C2C1=O)NCCN(C(C)C)C1CC1. The predicted octanol–water partition coefficient (Wildman–Crippen LogP) is 1.61. The summed E-state index contributed by atoms with van der Waals surface area (Å²) in [6.07, 6.45) is 8.61. The number of aliphatic imine (C=N–C) groups is 1. The molecule has 30 heavy (non-hydrogen) atoms. The van der Waals surface area contributed by atoms with Crippen LogP contribution in [0.5, 0.6) is 0 Å². The number of imide groups is 1. The van der Waals surface area contributed by atoms with Crippen LogP contribution in [-0.4, -0.2) is 72.4 Å². The van der Waals surface area contributed by atoms with Crippen molar-refractivity contribution in [2.24, 2.45) is 28.7 Å². The number of amides is 2. The van der Waals surface area contributed by atoms with E-state index in [0.717, 1.165) is 38.1 Å². The Kier molecular flexibility index (Phi) is 6.46. The maximum atomic E-state index is 12.7. The first kappa shape index (κ1) is 21.3. The molecule has 0 radical (unpaired) electrons. The normalized spacial score (nSPS) is 30.2. The van der Waals surface area contributed by atoms with Crippen molar-refractivity contribution in [1.29, 1.82) is 0 Å². The number of allylic oxidation sites excluding steroid dienone is 2. The second kappa shape index (κ2) is 9.08. The number of nitrogens with zero attached hydrogens (tertiary/aromatic N) is 3. The number of carbonyl (C=O) groups excluding carboxylic acids is 2. The van der Waals surface area contributed by atoms with Crippen molar-refractivity contribution >= 4 is 17.8 Å². The van der Waals surface area contributed by atoms with Crippen molar-refractivity contribution in [2.75, 3.05) is 32.7 Å². The molecule has 4 rings (SSSR count). The minimum atomic E-state index is -0.0923. The molecule has 3 aliphatic carbocycles. The lowest BCUT2D eigenvalue weighted by Crippen LogP contribution is -2.44. The predicted molar refractivity (Wildman–Crippen MR) is 118 cm³/mol. The summed E-state index contributed by atoms with van der Waals surface area (Å²) in [5.41, 5.74) is 0. The van der Waals surface area contributed by atoms with E-state index in [4.69, 9.17) is 0 Å². The first-order valence-electron chi connectivity index (χ1n) is 11.8. The molecule has 1 saturated heterocycles. The Balaban J connectivity index is 1.22. The zero-order valence-corrected chi connectivity index (χ0v) is 18.6. The number of hydrogen-bond donors (Lipinski definition) is 2. The van der Waals surface area contributed by atoms with E-state index < -0.39 is 0 Å². The zero-order chi connectivity index (χ0) is 21.3. The summed E-state index contributed by atoms with van der Waals surface area (Å²) in [5.74, 6) is 1.29. The fraction of sp³-hybridized carbons (Fsp3) is 0.783. The summed E-state index contributed by atoms with van der Waals surface area (Å²) in [6, 6.07) is 1.33. The molecule has 7 heteroatoms. The molecule has 4 atom stereocenters. The van der Waals surface area contributed by atoms with Gasteiger partial charge in [0.25, 0.3) is 0 Å². The molecule has 2 amide bonds. The molecular weight excluding hydrogens is 378 g/mol. The molecule has 166 valence electrons. The van der Waals surface area contributed by atoms with E-state index in [-0.39, 0.29) is 35.5 Å². The van der Waals surface area contributed by atoms with Gasteiger partial charge in [-0.2, -0.15) is 0 Å². The molecule has 3 fully saturated rings. The lowest BCUT2D eigenvalue weighted by atomic mass is 9.85. The summed E-state index contributed by atoms with van der Waals surface area (Å²) >= 11 is 0. The fourth-order valence-electron chi connectivity index (χ4n) is 5.52. The van der Waals surface area contributed by atoms with E-state index in [1.807, 2.05) is 0 Å². The number of carbonyl (C=O) groups is 2. The van der Waals surface area contributed by atoms with Crippen LogP contribution in [0.4, 0.5) is 0 Å². The van der Waals surface area contributed by atoms with Crippen molar-refractivity contribution in [3.8, 4) is 0 Å². The first-order chi connectivity index (χ1) is 14.5. The summed E-state index contributed by atoms with van der Waals surface area (Å²) < 4.78 is 0. The first-order valence-corrected chi connectivity index (χ1v) is 11.8. The molecule has 1 heterocycles. The van der Waals surface area contributed by atoms with Crippen LogP contribution in [0.15, 0.2) is 17.1 Å². The number of nitrogens with one attached hydrogen (secondary N) is 2. The van der Waals surface area contributed by atoms with Gasteiger partial charge in [0.2, 0.25) is 11.8 Å². The third-order valence-electron chi connectivity index (χ3n) is 7.06. The Morgan fingerprint density at radius 2 is 1.83 bits per heavy atom. The standard InChI is InChI=1S/C23H37N5O2/c1-4-24-23(26-11-13-27(15(2)3)18-8-9-18)25-10-5-12-28-21(29)19-16-6-7-17(14-16)20(19)22(28)30/h6-7,15-20H,4-5,8-14H2,1-3H3,(H2,24,25,26). The van der Waals surface area contributed by atoms with Gasteiger partial charge in [-0.1, -0.05) is 12.2 Å². The highest BCUT2D eigenvalue weighted by Gasteiger charge is 2.58. The second-order valence-electron chi connectivity index (χ2n) is 9.43. The molecule has 7 nitrogen and oxygen atoms in total. The van der Waals surface area contributed by atoms with Crippen LogP contribution in [0.25, 0.3) is 0 Å².